The molecule has 0 aliphatic carbocycles. The maximum atomic E-state index is 10.4. The molecule has 0 heterocycles. The number of carbonyl (C=O) groups is 2. The molecular weight excluding hydrogens is 210 g/mol. The molecule has 6 heteroatoms. The molecule has 0 aromatic rings. The van der Waals surface area contributed by atoms with Crippen molar-refractivity contribution < 1.29 is 19.4 Å². The zero-order chi connectivity index (χ0) is 10.3. The summed E-state index contributed by atoms with van der Waals surface area (Å²) in [6, 6.07) is -0.0833. The number of hydrogen-bond acceptors (Lipinski definition) is 4. The lowest BCUT2D eigenvalue weighted by atomic mass is 10.2. The number of carbonyl (C=O) groups excluding carboxylic acids is 1. The van der Waals surface area contributed by atoms with Crippen LogP contribution in [-0.2, 0) is 14.3 Å². The molecule has 0 fully saturated rings. The first-order chi connectivity index (χ1) is 6.06. The molecular formula is C8H16ClNO4. The van der Waals surface area contributed by atoms with Gasteiger partial charge in [-0.2, -0.15) is 0 Å². The van der Waals surface area contributed by atoms with Crippen LogP contribution in [0.4, 0.5) is 0 Å². The van der Waals surface area contributed by atoms with Crippen molar-refractivity contribution >= 4 is 24.3 Å². The molecule has 1 unspecified atom stereocenters. The first-order valence-electron chi connectivity index (χ1n) is 4.08. The van der Waals surface area contributed by atoms with Crippen LogP contribution in [0.3, 0.4) is 0 Å². The Labute approximate surface area is 89.2 Å². The third-order valence-corrected chi connectivity index (χ3v) is 1.60. The van der Waals surface area contributed by atoms with Gasteiger partial charge in [-0.1, -0.05) is 0 Å². The lowest BCUT2D eigenvalue weighted by Crippen LogP contribution is -2.31. The van der Waals surface area contributed by atoms with Gasteiger partial charge in [0.25, 0.3) is 0 Å². The van der Waals surface area contributed by atoms with Gasteiger partial charge in [0, 0.05) is 19.4 Å². The number of rotatable bonds is 6. The Morgan fingerprint density at radius 1 is 1.50 bits per heavy atom. The van der Waals surface area contributed by atoms with E-state index in [1.54, 1.807) is 7.05 Å². The topological polar surface area (TPSA) is 75.6 Å². The molecule has 0 aromatic carbocycles. The minimum atomic E-state index is -0.844. The molecule has 0 radical (unpaired) electrons. The van der Waals surface area contributed by atoms with Gasteiger partial charge in [0.05, 0.1) is 0 Å². The van der Waals surface area contributed by atoms with Gasteiger partial charge in [-0.25, -0.2) is 0 Å². The van der Waals surface area contributed by atoms with Crippen molar-refractivity contribution in [2.24, 2.45) is 0 Å². The fourth-order valence-electron chi connectivity index (χ4n) is 0.827. The molecule has 0 saturated heterocycles. The van der Waals surface area contributed by atoms with Crippen molar-refractivity contribution in [3.05, 3.63) is 0 Å². The Kier molecular flexibility index (Phi) is 9.81. The Morgan fingerprint density at radius 3 is 2.43 bits per heavy atom. The molecule has 2 N–H and O–H groups in total. The van der Waals surface area contributed by atoms with E-state index >= 15 is 0 Å². The van der Waals surface area contributed by atoms with Gasteiger partial charge in [-0.15, -0.1) is 12.4 Å². The molecule has 0 spiro atoms. The summed E-state index contributed by atoms with van der Waals surface area (Å²) in [7, 11) is 1.70. The lowest BCUT2D eigenvalue weighted by Gasteiger charge is -2.14. The van der Waals surface area contributed by atoms with E-state index in [2.05, 4.69) is 5.32 Å². The third kappa shape index (κ3) is 9.28. The van der Waals surface area contributed by atoms with E-state index in [-0.39, 0.29) is 37.4 Å². The second-order valence-corrected chi connectivity index (χ2v) is 2.72. The van der Waals surface area contributed by atoms with Crippen LogP contribution in [0.1, 0.15) is 19.8 Å². The number of carboxylic acids is 1. The SMILES string of the molecule is CNC(CCC(=O)O)COC(C)=O.Cl. The Morgan fingerprint density at radius 2 is 2.07 bits per heavy atom. The van der Waals surface area contributed by atoms with Crippen LogP contribution < -0.4 is 5.32 Å². The summed E-state index contributed by atoms with van der Waals surface area (Å²) < 4.78 is 4.73. The number of ether oxygens (including phenoxy) is 1. The highest BCUT2D eigenvalue weighted by atomic mass is 35.5. The quantitative estimate of drug-likeness (QED) is 0.641. The van der Waals surface area contributed by atoms with Crippen LogP contribution in [0.2, 0.25) is 0 Å². The molecule has 0 aliphatic rings. The summed E-state index contributed by atoms with van der Waals surface area (Å²) in [5.41, 5.74) is 0. The van der Waals surface area contributed by atoms with Gasteiger partial charge < -0.3 is 15.2 Å². The number of likely N-dealkylation sites (N-methyl/N-ethyl adjacent to an activating group) is 1. The maximum absolute atomic E-state index is 10.4. The van der Waals surface area contributed by atoms with Crippen LogP contribution in [0.15, 0.2) is 0 Å². The molecule has 14 heavy (non-hydrogen) atoms. The third-order valence-electron chi connectivity index (χ3n) is 1.60. The average molecular weight is 226 g/mol. The molecule has 0 amide bonds. The van der Waals surface area contributed by atoms with E-state index < -0.39 is 5.97 Å². The summed E-state index contributed by atoms with van der Waals surface area (Å²) in [5.74, 6) is -1.20. The smallest absolute Gasteiger partial charge is 0.303 e. The molecule has 1 atom stereocenters. The first-order valence-corrected chi connectivity index (χ1v) is 4.08. The van der Waals surface area contributed by atoms with E-state index in [1.807, 2.05) is 0 Å². The predicted molar refractivity (Wildman–Crippen MR) is 53.6 cm³/mol. The van der Waals surface area contributed by atoms with Gasteiger partial charge >= 0.3 is 11.9 Å². The fourth-order valence-corrected chi connectivity index (χ4v) is 0.827. The second-order valence-electron chi connectivity index (χ2n) is 2.72. The van der Waals surface area contributed by atoms with Gasteiger partial charge in [0.1, 0.15) is 6.61 Å². The van der Waals surface area contributed by atoms with E-state index in [0.717, 1.165) is 0 Å². The van der Waals surface area contributed by atoms with E-state index in [9.17, 15) is 9.59 Å². The average Bonchev–Trinajstić information content (AvgIpc) is 2.04. The second kappa shape index (κ2) is 8.77. The van der Waals surface area contributed by atoms with Gasteiger partial charge in [-0.3, -0.25) is 9.59 Å². The lowest BCUT2D eigenvalue weighted by molar-refractivity contribution is -0.141. The number of aliphatic carboxylic acids is 1. The van der Waals surface area contributed by atoms with Crippen LogP contribution in [0.5, 0.6) is 0 Å². The molecule has 0 aromatic heterocycles. The highest BCUT2D eigenvalue weighted by Crippen LogP contribution is 1.97. The van der Waals surface area contributed by atoms with Crippen molar-refractivity contribution in [1.82, 2.24) is 5.32 Å². The van der Waals surface area contributed by atoms with Crippen molar-refractivity contribution in [2.75, 3.05) is 13.7 Å². The zero-order valence-electron chi connectivity index (χ0n) is 8.28. The normalized spacial score (nSPS) is 11.3. The Balaban J connectivity index is 0. The van der Waals surface area contributed by atoms with E-state index in [4.69, 9.17) is 9.84 Å². The highest BCUT2D eigenvalue weighted by molar-refractivity contribution is 5.85. The number of hydrogen-bond donors (Lipinski definition) is 2. The standard InChI is InChI=1S/C8H15NO4.ClH/c1-6(10)13-5-7(9-2)3-4-8(11)12;/h7,9H,3-5H2,1-2H3,(H,11,12);1H. The number of esters is 1. The summed E-state index contributed by atoms with van der Waals surface area (Å²) in [6.45, 7) is 1.54. The van der Waals surface area contributed by atoms with Crippen LogP contribution in [0, 0.1) is 0 Å². The number of nitrogens with one attached hydrogen (secondary N) is 1. The number of carboxylic acid groups (broad SMARTS) is 1. The molecule has 0 bridgehead atoms. The van der Waals surface area contributed by atoms with Crippen LogP contribution in [-0.4, -0.2) is 36.7 Å². The van der Waals surface area contributed by atoms with Crippen molar-refractivity contribution in [2.45, 2.75) is 25.8 Å². The summed E-state index contributed by atoms with van der Waals surface area (Å²) in [5, 5.41) is 11.3. The van der Waals surface area contributed by atoms with Crippen molar-refractivity contribution in [1.29, 1.82) is 0 Å². The van der Waals surface area contributed by atoms with Crippen molar-refractivity contribution in [3.63, 3.8) is 0 Å². The van der Waals surface area contributed by atoms with Crippen molar-refractivity contribution in [3.8, 4) is 0 Å². The Bertz CT molecular complexity index is 168. The highest BCUT2D eigenvalue weighted by Gasteiger charge is 2.09. The minimum Gasteiger partial charge on any atom is -0.481 e. The first kappa shape index (κ1) is 15.7. The zero-order valence-corrected chi connectivity index (χ0v) is 9.10. The summed E-state index contributed by atoms with van der Waals surface area (Å²) in [4.78, 5) is 20.7. The van der Waals surface area contributed by atoms with E-state index in [1.165, 1.54) is 6.92 Å². The molecule has 0 rings (SSSR count). The van der Waals surface area contributed by atoms with Gasteiger partial charge in [-0.05, 0) is 13.5 Å². The largest absolute Gasteiger partial charge is 0.481 e. The molecule has 84 valence electrons. The van der Waals surface area contributed by atoms with Crippen LogP contribution >= 0.6 is 12.4 Å². The number of halogens is 1. The predicted octanol–water partition coefficient (Wildman–Crippen LogP) is 0.424. The molecule has 5 nitrogen and oxygen atoms in total. The van der Waals surface area contributed by atoms with E-state index in [0.29, 0.717) is 6.42 Å². The fraction of sp³-hybridized carbons (Fsp3) is 0.750. The minimum absolute atomic E-state index is 0. The Hall–Kier alpha value is -0.810. The molecule has 0 saturated carbocycles. The monoisotopic (exact) mass is 225 g/mol. The molecule has 0 aliphatic heterocycles. The summed E-state index contributed by atoms with van der Waals surface area (Å²) in [6.07, 6.45) is 0.534. The van der Waals surface area contributed by atoms with Gasteiger partial charge in [0.2, 0.25) is 0 Å². The summed E-state index contributed by atoms with van der Waals surface area (Å²) >= 11 is 0. The maximum Gasteiger partial charge on any atom is 0.303 e. The van der Waals surface area contributed by atoms with Gasteiger partial charge in [0.15, 0.2) is 0 Å². The van der Waals surface area contributed by atoms with Crippen LogP contribution in [0.25, 0.3) is 0 Å².